The average Bonchev–Trinajstić information content (AvgIpc) is 3.28. The fourth-order valence-electron chi connectivity index (χ4n) is 2.52. The summed E-state index contributed by atoms with van der Waals surface area (Å²) in [4.78, 5) is 23.5. The molecular weight excluding hydrogens is 308 g/mol. The van der Waals surface area contributed by atoms with Crippen LogP contribution >= 0.6 is 0 Å². The second kappa shape index (κ2) is 8.76. The van der Waals surface area contributed by atoms with Crippen LogP contribution in [0.3, 0.4) is 0 Å². The van der Waals surface area contributed by atoms with Crippen LogP contribution in [0.25, 0.3) is 11.2 Å². The minimum atomic E-state index is 0.525. The van der Waals surface area contributed by atoms with Crippen molar-refractivity contribution in [2.45, 2.75) is 6.42 Å². The molecule has 2 aromatic rings. The standard InChI is InChI=1S/C9H16N2O2.C7H8N4/c1-8(13-2)11-4-3-9(6-11)5-10-7-12;1-8-6-4-10-7-5(11-6)2-3-9-7/h7,9H,1,3-6H2,2H3,(H,10,12);2-4H,1H3,(H,8,11)(H,9,10). The Labute approximate surface area is 141 Å². The van der Waals surface area contributed by atoms with Crippen molar-refractivity contribution < 1.29 is 9.53 Å². The van der Waals surface area contributed by atoms with Gasteiger partial charge in [0.2, 0.25) is 6.41 Å². The number of likely N-dealkylation sites (tertiary alicyclic amines) is 1. The van der Waals surface area contributed by atoms with Crippen molar-refractivity contribution in [3.8, 4) is 0 Å². The number of rotatable bonds is 6. The average molecular weight is 332 g/mol. The number of nitrogens with one attached hydrogen (secondary N) is 3. The molecule has 1 fully saturated rings. The molecule has 3 heterocycles. The van der Waals surface area contributed by atoms with E-state index in [0.717, 1.165) is 49.4 Å². The van der Waals surface area contributed by atoms with E-state index in [2.05, 4.69) is 37.1 Å². The van der Waals surface area contributed by atoms with Crippen LogP contribution in [0, 0.1) is 5.92 Å². The quantitative estimate of drug-likeness (QED) is 0.543. The number of aromatic amines is 1. The van der Waals surface area contributed by atoms with Crippen molar-refractivity contribution in [3.63, 3.8) is 0 Å². The lowest BCUT2D eigenvalue weighted by atomic mass is 10.1. The van der Waals surface area contributed by atoms with Crippen molar-refractivity contribution in [2.24, 2.45) is 5.92 Å². The number of aromatic nitrogens is 3. The van der Waals surface area contributed by atoms with Crippen LogP contribution in [-0.4, -0.2) is 60.1 Å². The predicted octanol–water partition coefficient (Wildman–Crippen LogP) is 1.17. The summed E-state index contributed by atoms with van der Waals surface area (Å²) >= 11 is 0. The molecule has 24 heavy (non-hydrogen) atoms. The third kappa shape index (κ3) is 4.61. The summed E-state index contributed by atoms with van der Waals surface area (Å²) in [6.07, 6.45) is 5.35. The molecule has 0 aliphatic carbocycles. The fourth-order valence-corrected chi connectivity index (χ4v) is 2.52. The number of ether oxygens (including phenoxy) is 1. The molecule has 0 saturated carbocycles. The second-order valence-electron chi connectivity index (χ2n) is 5.44. The van der Waals surface area contributed by atoms with E-state index >= 15 is 0 Å². The van der Waals surface area contributed by atoms with E-state index in [1.54, 1.807) is 13.3 Å². The zero-order valence-electron chi connectivity index (χ0n) is 14.1. The maximum Gasteiger partial charge on any atom is 0.207 e. The predicted molar refractivity (Wildman–Crippen MR) is 93.3 cm³/mol. The summed E-state index contributed by atoms with van der Waals surface area (Å²) in [5, 5.41) is 5.61. The molecule has 0 aromatic carbocycles. The van der Waals surface area contributed by atoms with E-state index < -0.39 is 0 Å². The van der Waals surface area contributed by atoms with E-state index in [0.29, 0.717) is 11.8 Å². The van der Waals surface area contributed by atoms with Crippen LogP contribution in [0.15, 0.2) is 30.9 Å². The molecule has 1 saturated heterocycles. The van der Waals surface area contributed by atoms with E-state index in [-0.39, 0.29) is 0 Å². The number of methoxy groups -OCH3 is 1. The Bertz CT molecular complexity index is 671. The van der Waals surface area contributed by atoms with Crippen LogP contribution in [0.1, 0.15) is 6.42 Å². The number of amides is 1. The monoisotopic (exact) mass is 332 g/mol. The Morgan fingerprint density at radius 3 is 3.17 bits per heavy atom. The first-order valence-electron chi connectivity index (χ1n) is 7.80. The summed E-state index contributed by atoms with van der Waals surface area (Å²) < 4.78 is 5.03. The van der Waals surface area contributed by atoms with Gasteiger partial charge in [-0.2, -0.15) is 0 Å². The van der Waals surface area contributed by atoms with Gasteiger partial charge in [0.15, 0.2) is 11.5 Å². The zero-order valence-corrected chi connectivity index (χ0v) is 14.1. The number of hydrogen-bond acceptors (Lipinski definition) is 6. The van der Waals surface area contributed by atoms with Crippen LogP contribution in [0.4, 0.5) is 5.82 Å². The highest BCUT2D eigenvalue weighted by atomic mass is 16.5. The lowest BCUT2D eigenvalue weighted by molar-refractivity contribution is -0.109. The van der Waals surface area contributed by atoms with Gasteiger partial charge in [0.25, 0.3) is 0 Å². The van der Waals surface area contributed by atoms with Crippen LogP contribution in [0.5, 0.6) is 0 Å². The molecule has 8 heteroatoms. The Morgan fingerprint density at radius 1 is 1.62 bits per heavy atom. The fraction of sp³-hybridized carbons (Fsp3) is 0.438. The molecule has 8 nitrogen and oxygen atoms in total. The number of anilines is 1. The van der Waals surface area contributed by atoms with E-state index in [1.807, 2.05) is 19.3 Å². The van der Waals surface area contributed by atoms with Crippen molar-refractivity contribution >= 4 is 23.4 Å². The van der Waals surface area contributed by atoms with Gasteiger partial charge in [0.05, 0.1) is 13.3 Å². The lowest BCUT2D eigenvalue weighted by Crippen LogP contribution is -2.25. The van der Waals surface area contributed by atoms with Crippen LogP contribution < -0.4 is 10.6 Å². The van der Waals surface area contributed by atoms with Gasteiger partial charge in [-0.3, -0.25) is 4.79 Å². The molecule has 130 valence electrons. The number of carbonyl (C=O) groups is 1. The van der Waals surface area contributed by atoms with E-state index in [4.69, 9.17) is 4.74 Å². The van der Waals surface area contributed by atoms with Gasteiger partial charge in [-0.05, 0) is 25.0 Å². The molecule has 2 aromatic heterocycles. The molecule has 0 spiro atoms. The SMILES string of the molecule is C=C(OC)N1CCC(CNC=O)C1.CNc1cnc2[nH]ccc2n1. The number of nitrogens with zero attached hydrogens (tertiary/aromatic N) is 3. The van der Waals surface area contributed by atoms with Gasteiger partial charge in [-0.25, -0.2) is 9.97 Å². The van der Waals surface area contributed by atoms with Crippen molar-refractivity contribution in [1.29, 1.82) is 0 Å². The summed E-state index contributed by atoms with van der Waals surface area (Å²) in [6, 6.07) is 1.89. The Kier molecular flexibility index (Phi) is 6.41. The topological polar surface area (TPSA) is 95.2 Å². The van der Waals surface area contributed by atoms with Crippen LogP contribution in [-0.2, 0) is 9.53 Å². The Hall–Kier alpha value is -2.77. The molecular formula is C16H24N6O2. The molecule has 0 radical (unpaired) electrons. The largest absolute Gasteiger partial charge is 0.483 e. The van der Waals surface area contributed by atoms with Crippen LogP contribution in [0.2, 0.25) is 0 Å². The zero-order chi connectivity index (χ0) is 17.4. The molecule has 1 aliphatic heterocycles. The minimum absolute atomic E-state index is 0.525. The first-order chi connectivity index (χ1) is 11.7. The lowest BCUT2D eigenvalue weighted by Gasteiger charge is -2.19. The second-order valence-corrected chi connectivity index (χ2v) is 5.44. The first-order valence-corrected chi connectivity index (χ1v) is 7.80. The van der Waals surface area contributed by atoms with Gasteiger partial charge in [0, 0.05) is 32.9 Å². The summed E-state index contributed by atoms with van der Waals surface area (Å²) in [6.45, 7) is 6.42. The highest BCUT2D eigenvalue weighted by molar-refractivity contribution is 5.71. The summed E-state index contributed by atoms with van der Waals surface area (Å²) in [5.41, 5.74) is 1.71. The Morgan fingerprint density at radius 2 is 2.46 bits per heavy atom. The maximum absolute atomic E-state index is 10.1. The summed E-state index contributed by atoms with van der Waals surface area (Å²) in [7, 11) is 3.45. The molecule has 0 bridgehead atoms. The van der Waals surface area contributed by atoms with E-state index in [1.165, 1.54) is 0 Å². The third-order valence-electron chi connectivity index (χ3n) is 3.88. The van der Waals surface area contributed by atoms with Crippen molar-refractivity contribution in [2.75, 3.05) is 39.1 Å². The maximum atomic E-state index is 10.1. The van der Waals surface area contributed by atoms with Gasteiger partial charge >= 0.3 is 0 Å². The van der Waals surface area contributed by atoms with Gasteiger partial charge < -0.3 is 25.3 Å². The first kappa shape index (κ1) is 17.6. The van der Waals surface area contributed by atoms with Crippen molar-refractivity contribution in [3.05, 3.63) is 30.9 Å². The summed E-state index contributed by atoms with van der Waals surface area (Å²) in [5.74, 6) is 2.03. The number of fused-ring (bicyclic) bond motifs is 1. The third-order valence-corrected chi connectivity index (χ3v) is 3.88. The normalized spacial score (nSPS) is 16.2. The molecule has 3 N–H and O–H groups in total. The molecule has 1 amide bonds. The van der Waals surface area contributed by atoms with Crippen molar-refractivity contribution in [1.82, 2.24) is 25.2 Å². The van der Waals surface area contributed by atoms with Gasteiger partial charge in [-0.15, -0.1) is 0 Å². The number of H-pyrrole nitrogens is 1. The van der Waals surface area contributed by atoms with Gasteiger partial charge in [0.1, 0.15) is 11.3 Å². The number of carbonyl (C=O) groups excluding carboxylic acids is 1. The highest BCUT2D eigenvalue weighted by Gasteiger charge is 2.23. The van der Waals surface area contributed by atoms with E-state index in [9.17, 15) is 4.79 Å². The number of hydrogen-bond donors (Lipinski definition) is 3. The minimum Gasteiger partial charge on any atom is -0.483 e. The highest BCUT2D eigenvalue weighted by Crippen LogP contribution is 2.18. The molecule has 1 aliphatic rings. The smallest absolute Gasteiger partial charge is 0.207 e. The molecule has 1 unspecified atom stereocenters. The van der Waals surface area contributed by atoms with Gasteiger partial charge in [-0.1, -0.05) is 0 Å². The molecule has 1 atom stereocenters. The Balaban J connectivity index is 0.000000175. The molecule has 3 rings (SSSR count).